The fourth-order valence-electron chi connectivity index (χ4n) is 0.839. The third-order valence-corrected chi connectivity index (χ3v) is 1.43. The molecule has 2 nitrogen and oxygen atoms in total. The van der Waals surface area contributed by atoms with Crippen molar-refractivity contribution >= 4 is 17.7 Å². The Hall–Kier alpha value is -0.960. The van der Waals surface area contributed by atoms with Crippen LogP contribution in [0.1, 0.15) is 38.1 Å². The Labute approximate surface area is 118 Å². The number of amides is 1. The van der Waals surface area contributed by atoms with Crippen LogP contribution in [0.15, 0.2) is 30.3 Å². The second kappa shape index (κ2) is 18.4. The quantitative estimate of drug-likeness (QED) is 0.753. The number of thioether (sulfide) groups is 1. The summed E-state index contributed by atoms with van der Waals surface area (Å²) in [6, 6.07) is 9.23. The molecule has 18 heavy (non-hydrogen) atoms. The number of hydrogen-bond donors (Lipinski definition) is 0. The summed E-state index contributed by atoms with van der Waals surface area (Å²) in [4.78, 5) is 12.8. The van der Waals surface area contributed by atoms with E-state index in [9.17, 15) is 4.79 Å². The van der Waals surface area contributed by atoms with E-state index in [4.69, 9.17) is 0 Å². The van der Waals surface area contributed by atoms with Crippen molar-refractivity contribution in [2.75, 3.05) is 26.6 Å². The van der Waals surface area contributed by atoms with Gasteiger partial charge in [-0.2, -0.15) is 11.8 Å². The number of hydrogen-bond acceptors (Lipinski definition) is 2. The summed E-state index contributed by atoms with van der Waals surface area (Å²) in [5.74, 6) is 0.0469. The summed E-state index contributed by atoms with van der Waals surface area (Å²) in [6.07, 6.45) is 4.08. The first kappa shape index (κ1) is 22.2. The molecule has 1 aromatic rings. The molecule has 0 unspecified atom stereocenters. The molecule has 0 heterocycles. The lowest BCUT2D eigenvalue weighted by atomic mass is 10.2. The Kier molecular flexibility index (Phi) is 22.7. The van der Waals surface area contributed by atoms with E-state index in [-0.39, 0.29) is 5.91 Å². The topological polar surface area (TPSA) is 20.3 Å². The maximum Gasteiger partial charge on any atom is 0.253 e. The molecular formula is C15H29NOS. The van der Waals surface area contributed by atoms with Crippen LogP contribution in [0.25, 0.3) is 0 Å². The first-order valence-corrected chi connectivity index (χ1v) is 7.93. The molecule has 1 amide bonds. The van der Waals surface area contributed by atoms with Crippen molar-refractivity contribution in [3.8, 4) is 0 Å². The number of nitrogens with zero attached hydrogens (tertiary/aromatic N) is 1. The summed E-state index contributed by atoms with van der Waals surface area (Å²) in [5.41, 5.74) is 0.734. The summed E-state index contributed by atoms with van der Waals surface area (Å²) >= 11 is 1.75. The molecule has 0 saturated heterocycles. The largest absolute Gasteiger partial charge is 0.345 e. The van der Waals surface area contributed by atoms with Gasteiger partial charge in [0.25, 0.3) is 5.91 Å². The van der Waals surface area contributed by atoms with Gasteiger partial charge in [0.1, 0.15) is 0 Å². The molecule has 0 aliphatic heterocycles. The van der Waals surface area contributed by atoms with Gasteiger partial charge in [0.2, 0.25) is 0 Å². The van der Waals surface area contributed by atoms with Crippen molar-refractivity contribution in [2.24, 2.45) is 0 Å². The van der Waals surface area contributed by atoms with Crippen LogP contribution in [0.5, 0.6) is 0 Å². The standard InChI is InChI=1S/C9H11NO.C2H6S.2C2H6/c1-10(2)9(11)8-6-4-3-5-7-8;1-3-2;2*1-2/h3-7H,1-2H3;1-2H3;2*1-2H3. The highest BCUT2D eigenvalue weighted by Crippen LogP contribution is 2.00. The van der Waals surface area contributed by atoms with Crippen molar-refractivity contribution in [3.05, 3.63) is 35.9 Å². The zero-order chi connectivity index (χ0) is 15.0. The molecule has 1 rings (SSSR count). The van der Waals surface area contributed by atoms with Gasteiger partial charge in [0, 0.05) is 19.7 Å². The van der Waals surface area contributed by atoms with Crippen molar-refractivity contribution < 1.29 is 4.79 Å². The number of carbonyl (C=O) groups is 1. The predicted octanol–water partition coefficient (Wildman–Crippen LogP) is 4.42. The first-order valence-electron chi connectivity index (χ1n) is 6.30. The molecule has 0 bridgehead atoms. The monoisotopic (exact) mass is 271 g/mol. The first-order chi connectivity index (χ1) is 8.63. The third kappa shape index (κ3) is 13.1. The third-order valence-electron chi connectivity index (χ3n) is 1.43. The lowest BCUT2D eigenvalue weighted by molar-refractivity contribution is 0.0827. The van der Waals surface area contributed by atoms with Crippen LogP contribution in [0.3, 0.4) is 0 Å². The van der Waals surface area contributed by atoms with Crippen LogP contribution >= 0.6 is 11.8 Å². The molecule has 0 spiro atoms. The van der Waals surface area contributed by atoms with Gasteiger partial charge in [0.05, 0.1) is 0 Å². The van der Waals surface area contributed by atoms with E-state index >= 15 is 0 Å². The summed E-state index contributed by atoms with van der Waals surface area (Å²) in [7, 11) is 3.49. The van der Waals surface area contributed by atoms with Gasteiger partial charge in [0.15, 0.2) is 0 Å². The Morgan fingerprint density at radius 3 is 1.56 bits per heavy atom. The van der Waals surface area contributed by atoms with Crippen LogP contribution in [0, 0.1) is 0 Å². The fraction of sp³-hybridized carbons (Fsp3) is 0.533. The highest BCUT2D eigenvalue weighted by atomic mass is 32.2. The van der Waals surface area contributed by atoms with Gasteiger partial charge in [-0.05, 0) is 24.6 Å². The Morgan fingerprint density at radius 2 is 1.28 bits per heavy atom. The van der Waals surface area contributed by atoms with E-state index in [0.29, 0.717) is 0 Å². The van der Waals surface area contributed by atoms with Crippen LogP contribution in [-0.4, -0.2) is 37.4 Å². The molecule has 106 valence electrons. The normalized spacial score (nSPS) is 7.33. The zero-order valence-electron chi connectivity index (χ0n) is 13.2. The van der Waals surface area contributed by atoms with E-state index in [1.165, 1.54) is 0 Å². The average Bonchev–Trinajstić information content (AvgIpc) is 2.44. The Balaban J connectivity index is -0.000000274. The van der Waals surface area contributed by atoms with Gasteiger partial charge in [-0.15, -0.1) is 0 Å². The van der Waals surface area contributed by atoms with Gasteiger partial charge in [-0.25, -0.2) is 0 Å². The molecule has 0 fully saturated rings. The molecule has 0 saturated carbocycles. The van der Waals surface area contributed by atoms with E-state index in [1.807, 2.05) is 70.5 Å². The van der Waals surface area contributed by atoms with Crippen molar-refractivity contribution in [3.63, 3.8) is 0 Å². The minimum Gasteiger partial charge on any atom is -0.345 e. The van der Waals surface area contributed by atoms with Gasteiger partial charge in [-0.3, -0.25) is 4.79 Å². The summed E-state index contributed by atoms with van der Waals surface area (Å²) in [5, 5.41) is 0. The number of carbonyl (C=O) groups excluding carboxylic acids is 1. The number of benzene rings is 1. The predicted molar refractivity (Wildman–Crippen MR) is 86.6 cm³/mol. The molecule has 3 heteroatoms. The Morgan fingerprint density at radius 1 is 0.944 bits per heavy atom. The zero-order valence-corrected chi connectivity index (χ0v) is 14.0. The molecule has 0 aromatic heterocycles. The van der Waals surface area contributed by atoms with Crippen LogP contribution < -0.4 is 0 Å². The maximum atomic E-state index is 11.3. The molecule has 0 aliphatic carbocycles. The number of rotatable bonds is 1. The summed E-state index contributed by atoms with van der Waals surface area (Å²) < 4.78 is 0. The van der Waals surface area contributed by atoms with E-state index in [0.717, 1.165) is 5.56 Å². The molecule has 0 atom stereocenters. The van der Waals surface area contributed by atoms with E-state index < -0.39 is 0 Å². The smallest absolute Gasteiger partial charge is 0.253 e. The van der Waals surface area contributed by atoms with Crippen molar-refractivity contribution in [1.29, 1.82) is 0 Å². The molecule has 0 N–H and O–H groups in total. The Bertz CT molecular complexity index is 260. The van der Waals surface area contributed by atoms with Gasteiger partial charge < -0.3 is 4.90 Å². The van der Waals surface area contributed by atoms with Crippen LogP contribution in [-0.2, 0) is 0 Å². The lowest BCUT2D eigenvalue weighted by Gasteiger charge is -2.08. The molecule has 0 radical (unpaired) electrons. The van der Waals surface area contributed by atoms with Crippen LogP contribution in [0.2, 0.25) is 0 Å². The van der Waals surface area contributed by atoms with E-state index in [1.54, 1.807) is 30.8 Å². The minimum atomic E-state index is 0.0469. The second-order valence-electron chi connectivity index (χ2n) is 2.97. The minimum absolute atomic E-state index is 0.0469. The summed E-state index contributed by atoms with van der Waals surface area (Å²) in [6.45, 7) is 8.00. The van der Waals surface area contributed by atoms with Crippen molar-refractivity contribution in [1.82, 2.24) is 4.90 Å². The molecule has 1 aromatic carbocycles. The highest BCUT2D eigenvalue weighted by Gasteiger charge is 2.04. The fourth-order valence-corrected chi connectivity index (χ4v) is 0.839. The van der Waals surface area contributed by atoms with Crippen LogP contribution in [0.4, 0.5) is 0 Å². The highest BCUT2D eigenvalue weighted by molar-refractivity contribution is 7.97. The van der Waals surface area contributed by atoms with Crippen molar-refractivity contribution in [2.45, 2.75) is 27.7 Å². The second-order valence-corrected chi connectivity index (χ2v) is 3.79. The lowest BCUT2D eigenvalue weighted by Crippen LogP contribution is -2.21. The molecule has 0 aliphatic rings. The van der Waals surface area contributed by atoms with E-state index in [2.05, 4.69) is 0 Å². The SMILES string of the molecule is CC.CC.CN(C)C(=O)c1ccccc1.CSC. The maximum absolute atomic E-state index is 11.3. The molecular weight excluding hydrogens is 242 g/mol. The average molecular weight is 271 g/mol. The van der Waals surface area contributed by atoms with Gasteiger partial charge >= 0.3 is 0 Å². The van der Waals surface area contributed by atoms with Gasteiger partial charge in [-0.1, -0.05) is 45.9 Å².